The molecule has 1 fully saturated rings. The molecule has 1 heterocycles. The Balaban J connectivity index is 2.17. The summed E-state index contributed by atoms with van der Waals surface area (Å²) in [5, 5.41) is 4.16. The molecular formula is C21H34N2O4S. The molecule has 0 aliphatic carbocycles. The Morgan fingerprint density at radius 3 is 2.57 bits per heavy atom. The van der Waals surface area contributed by atoms with Gasteiger partial charge >= 0.3 is 0 Å². The van der Waals surface area contributed by atoms with Crippen LogP contribution in [0.5, 0.6) is 17.2 Å². The van der Waals surface area contributed by atoms with E-state index in [2.05, 4.69) is 17.1 Å². The number of ether oxygens (including phenoxy) is 4. The summed E-state index contributed by atoms with van der Waals surface area (Å²) in [6.45, 7) is 5.29. The van der Waals surface area contributed by atoms with Gasteiger partial charge in [-0.05, 0) is 43.6 Å². The van der Waals surface area contributed by atoms with Crippen molar-refractivity contribution in [1.82, 2.24) is 10.2 Å². The molecule has 1 saturated heterocycles. The lowest BCUT2D eigenvalue weighted by Gasteiger charge is -2.29. The van der Waals surface area contributed by atoms with Crippen LogP contribution in [-0.4, -0.2) is 57.1 Å². The highest BCUT2D eigenvalue weighted by molar-refractivity contribution is 7.80. The van der Waals surface area contributed by atoms with Crippen LogP contribution in [0.4, 0.5) is 0 Å². The fraction of sp³-hybridized carbons (Fsp3) is 0.667. The zero-order valence-corrected chi connectivity index (χ0v) is 18.4. The summed E-state index contributed by atoms with van der Waals surface area (Å²) in [4.78, 5) is 2.17. The number of hydrogen-bond donors (Lipinski definition) is 1. The third kappa shape index (κ3) is 6.14. The fourth-order valence-corrected chi connectivity index (χ4v) is 3.67. The van der Waals surface area contributed by atoms with Crippen molar-refractivity contribution < 1.29 is 18.9 Å². The molecular weight excluding hydrogens is 376 g/mol. The number of rotatable bonds is 11. The molecule has 2 rings (SSSR count). The topological polar surface area (TPSA) is 52.2 Å². The molecule has 1 N–H and O–H groups in total. The van der Waals surface area contributed by atoms with Gasteiger partial charge in [0.05, 0.1) is 27.4 Å². The van der Waals surface area contributed by atoms with Crippen LogP contribution in [0, 0.1) is 0 Å². The number of hydrogen-bond acceptors (Lipinski definition) is 5. The summed E-state index contributed by atoms with van der Waals surface area (Å²) in [7, 11) is 4.89. The van der Waals surface area contributed by atoms with E-state index >= 15 is 0 Å². The zero-order valence-electron chi connectivity index (χ0n) is 17.6. The number of nitrogens with one attached hydrogen (secondary N) is 1. The van der Waals surface area contributed by atoms with Crippen molar-refractivity contribution in [3.8, 4) is 17.2 Å². The van der Waals surface area contributed by atoms with Gasteiger partial charge in [-0.3, -0.25) is 0 Å². The highest BCUT2D eigenvalue weighted by Gasteiger charge is 2.23. The third-order valence-electron chi connectivity index (χ3n) is 4.94. The summed E-state index contributed by atoms with van der Waals surface area (Å²) in [5.41, 5.74) is 0.996. The fourth-order valence-electron chi connectivity index (χ4n) is 3.43. The molecule has 0 radical (unpaired) electrons. The Hall–Kier alpha value is -1.73. The summed E-state index contributed by atoms with van der Waals surface area (Å²) < 4.78 is 22.4. The number of thiocarbonyl (C=S) groups is 1. The number of methoxy groups -OCH3 is 3. The highest BCUT2D eigenvalue weighted by Crippen LogP contribution is 2.40. The SMILES string of the molecule is CCCCCNC(=S)N(Cc1ccc(OC)c(OC)c1OC)C[C@@H]1CCCO1. The van der Waals surface area contributed by atoms with Crippen LogP contribution in [0.15, 0.2) is 12.1 Å². The summed E-state index contributed by atoms with van der Waals surface area (Å²) >= 11 is 5.71. The lowest BCUT2D eigenvalue weighted by Crippen LogP contribution is -2.43. The van der Waals surface area contributed by atoms with Crippen LogP contribution >= 0.6 is 12.2 Å². The van der Waals surface area contributed by atoms with Crippen molar-refractivity contribution in [3.05, 3.63) is 17.7 Å². The lowest BCUT2D eigenvalue weighted by atomic mass is 10.1. The van der Waals surface area contributed by atoms with Gasteiger partial charge in [0, 0.05) is 31.8 Å². The quantitative estimate of drug-likeness (QED) is 0.440. The van der Waals surface area contributed by atoms with Gasteiger partial charge in [0.25, 0.3) is 0 Å². The van der Waals surface area contributed by atoms with E-state index < -0.39 is 0 Å². The van der Waals surface area contributed by atoms with Gasteiger partial charge in [-0.15, -0.1) is 0 Å². The summed E-state index contributed by atoms with van der Waals surface area (Å²) in [5.74, 6) is 1.92. The van der Waals surface area contributed by atoms with Gasteiger partial charge < -0.3 is 29.2 Å². The first-order chi connectivity index (χ1) is 13.6. The minimum absolute atomic E-state index is 0.210. The molecule has 0 bridgehead atoms. The van der Waals surface area contributed by atoms with Crippen LogP contribution in [0.1, 0.15) is 44.6 Å². The molecule has 1 aliphatic rings. The van der Waals surface area contributed by atoms with Crippen LogP contribution in [0.25, 0.3) is 0 Å². The van der Waals surface area contributed by atoms with Crippen molar-refractivity contribution >= 4 is 17.3 Å². The van der Waals surface area contributed by atoms with E-state index in [1.54, 1.807) is 21.3 Å². The van der Waals surface area contributed by atoms with Gasteiger partial charge in [0.15, 0.2) is 16.6 Å². The van der Waals surface area contributed by atoms with E-state index in [1.165, 1.54) is 12.8 Å². The Morgan fingerprint density at radius 2 is 1.96 bits per heavy atom. The van der Waals surface area contributed by atoms with E-state index in [4.69, 9.17) is 31.2 Å². The number of benzene rings is 1. The predicted octanol–water partition coefficient (Wildman–Crippen LogP) is 3.76. The van der Waals surface area contributed by atoms with E-state index in [0.29, 0.717) is 23.8 Å². The third-order valence-corrected chi connectivity index (χ3v) is 5.34. The minimum Gasteiger partial charge on any atom is -0.493 e. The van der Waals surface area contributed by atoms with Crippen molar-refractivity contribution in [3.63, 3.8) is 0 Å². The molecule has 1 aliphatic heterocycles. The Bertz CT molecular complexity index is 621. The van der Waals surface area contributed by atoms with E-state index in [0.717, 1.165) is 49.6 Å². The normalized spacial score (nSPS) is 15.9. The van der Waals surface area contributed by atoms with Gasteiger partial charge in [-0.1, -0.05) is 19.8 Å². The standard InChI is InChI=1S/C21H34N2O4S/c1-5-6-7-12-22-21(28)23(15-17-9-8-13-27-17)14-16-10-11-18(24-2)20(26-4)19(16)25-3/h10-11,17H,5-9,12-15H2,1-4H3,(H,22,28)/t17-/m0/s1. The minimum atomic E-state index is 0.210. The highest BCUT2D eigenvalue weighted by atomic mass is 32.1. The molecule has 0 aromatic heterocycles. The smallest absolute Gasteiger partial charge is 0.203 e. The summed E-state index contributed by atoms with van der Waals surface area (Å²) in [6.07, 6.45) is 5.89. The van der Waals surface area contributed by atoms with Crippen LogP contribution < -0.4 is 19.5 Å². The van der Waals surface area contributed by atoms with Crippen molar-refractivity contribution in [2.24, 2.45) is 0 Å². The molecule has 1 aromatic carbocycles. The molecule has 6 nitrogen and oxygen atoms in total. The first-order valence-electron chi connectivity index (χ1n) is 10.1. The van der Waals surface area contributed by atoms with Crippen molar-refractivity contribution in [2.45, 2.75) is 51.7 Å². The molecule has 7 heteroatoms. The second-order valence-corrected chi connectivity index (χ2v) is 7.33. The molecule has 1 atom stereocenters. The van der Waals surface area contributed by atoms with Crippen molar-refractivity contribution in [1.29, 1.82) is 0 Å². The molecule has 0 unspecified atom stereocenters. The van der Waals surface area contributed by atoms with Gasteiger partial charge in [0.1, 0.15) is 0 Å². The molecule has 28 heavy (non-hydrogen) atoms. The van der Waals surface area contributed by atoms with Crippen molar-refractivity contribution in [2.75, 3.05) is 41.0 Å². The maximum absolute atomic E-state index is 5.85. The van der Waals surface area contributed by atoms with E-state index in [-0.39, 0.29) is 6.10 Å². The molecule has 1 aromatic rings. The molecule has 0 saturated carbocycles. The predicted molar refractivity (Wildman–Crippen MR) is 116 cm³/mol. The lowest BCUT2D eigenvalue weighted by molar-refractivity contribution is 0.0895. The number of nitrogens with zero attached hydrogens (tertiary/aromatic N) is 1. The Kier molecular flexibility index (Phi) is 9.64. The summed E-state index contributed by atoms with van der Waals surface area (Å²) in [6, 6.07) is 3.90. The second-order valence-electron chi connectivity index (χ2n) is 6.95. The average Bonchev–Trinajstić information content (AvgIpc) is 3.23. The zero-order chi connectivity index (χ0) is 20.4. The van der Waals surface area contributed by atoms with Gasteiger partial charge in [0.2, 0.25) is 5.75 Å². The van der Waals surface area contributed by atoms with Gasteiger partial charge in [-0.2, -0.15) is 0 Å². The van der Waals surface area contributed by atoms with E-state index in [1.807, 2.05) is 12.1 Å². The second kappa shape index (κ2) is 12.0. The Labute approximate surface area is 174 Å². The molecule has 0 amide bonds. The van der Waals surface area contributed by atoms with E-state index in [9.17, 15) is 0 Å². The largest absolute Gasteiger partial charge is 0.493 e. The first-order valence-corrected chi connectivity index (χ1v) is 10.5. The monoisotopic (exact) mass is 410 g/mol. The maximum atomic E-state index is 5.85. The molecule has 158 valence electrons. The number of unbranched alkanes of at least 4 members (excludes halogenated alkanes) is 2. The van der Waals surface area contributed by atoms with Gasteiger partial charge in [-0.25, -0.2) is 0 Å². The van der Waals surface area contributed by atoms with Crippen LogP contribution in [0.2, 0.25) is 0 Å². The average molecular weight is 411 g/mol. The molecule has 0 spiro atoms. The van der Waals surface area contributed by atoms with Crippen LogP contribution in [-0.2, 0) is 11.3 Å². The maximum Gasteiger partial charge on any atom is 0.203 e. The van der Waals surface area contributed by atoms with Crippen LogP contribution in [0.3, 0.4) is 0 Å². The first kappa shape index (κ1) is 22.6. The Morgan fingerprint density at radius 1 is 1.18 bits per heavy atom.